The van der Waals surface area contributed by atoms with Crippen molar-refractivity contribution in [2.45, 2.75) is 39.0 Å². The summed E-state index contributed by atoms with van der Waals surface area (Å²) in [6.07, 6.45) is 4.47. The van der Waals surface area contributed by atoms with Gasteiger partial charge in [-0.15, -0.1) is 5.10 Å². The average Bonchev–Trinajstić information content (AvgIpc) is 2.87. The summed E-state index contributed by atoms with van der Waals surface area (Å²) in [5.41, 5.74) is 0.912. The van der Waals surface area contributed by atoms with E-state index in [9.17, 15) is 0 Å². The third-order valence-corrected chi connectivity index (χ3v) is 2.61. The van der Waals surface area contributed by atoms with E-state index >= 15 is 0 Å². The van der Waals surface area contributed by atoms with Crippen molar-refractivity contribution in [1.29, 1.82) is 0 Å². The van der Waals surface area contributed by atoms with Crippen molar-refractivity contribution in [2.24, 2.45) is 0 Å². The molecule has 0 aliphatic carbocycles. The number of nitrogens with one attached hydrogen (secondary N) is 1. The van der Waals surface area contributed by atoms with Crippen LogP contribution in [-0.4, -0.2) is 34.2 Å². The lowest BCUT2D eigenvalue weighted by atomic mass is 10.2. The van der Waals surface area contributed by atoms with Crippen LogP contribution in [0.1, 0.15) is 25.5 Å². The fraction of sp³-hybridized carbons (Fsp3) is 0.800. The molecule has 5 heteroatoms. The Hall–Kier alpha value is -0.940. The summed E-state index contributed by atoms with van der Waals surface area (Å²) in [5.74, 6) is 0. The van der Waals surface area contributed by atoms with E-state index in [0.717, 1.165) is 25.4 Å². The molecule has 0 radical (unpaired) electrons. The Morgan fingerprint density at radius 2 is 2.60 bits per heavy atom. The predicted molar refractivity (Wildman–Crippen MR) is 56.4 cm³/mol. The molecule has 0 aromatic carbocycles. The van der Waals surface area contributed by atoms with Crippen molar-refractivity contribution in [3.8, 4) is 0 Å². The molecular weight excluding hydrogens is 192 g/mol. The molecule has 0 spiro atoms. The topological polar surface area (TPSA) is 52.0 Å². The van der Waals surface area contributed by atoms with Gasteiger partial charge in [-0.3, -0.25) is 4.68 Å². The van der Waals surface area contributed by atoms with Crippen molar-refractivity contribution in [2.75, 3.05) is 13.2 Å². The smallest absolute Gasteiger partial charge is 0.108 e. The summed E-state index contributed by atoms with van der Waals surface area (Å²) >= 11 is 0. The van der Waals surface area contributed by atoms with Crippen molar-refractivity contribution < 1.29 is 4.74 Å². The molecule has 1 aromatic heterocycles. The molecule has 84 valence electrons. The van der Waals surface area contributed by atoms with Crippen LogP contribution in [0.3, 0.4) is 0 Å². The molecule has 1 fully saturated rings. The summed E-state index contributed by atoms with van der Waals surface area (Å²) in [6.45, 7) is 5.31. The lowest BCUT2D eigenvalue weighted by Crippen LogP contribution is -2.26. The summed E-state index contributed by atoms with van der Waals surface area (Å²) in [7, 11) is 0. The van der Waals surface area contributed by atoms with Gasteiger partial charge in [0.1, 0.15) is 5.69 Å². The van der Waals surface area contributed by atoms with Gasteiger partial charge in [-0.2, -0.15) is 0 Å². The van der Waals surface area contributed by atoms with Crippen LogP contribution >= 0.6 is 0 Å². The molecule has 1 atom stereocenters. The maximum atomic E-state index is 5.27. The maximum Gasteiger partial charge on any atom is 0.108 e. The Labute approximate surface area is 89.8 Å². The fourth-order valence-electron chi connectivity index (χ4n) is 1.84. The van der Waals surface area contributed by atoms with Crippen molar-refractivity contribution in [3.05, 3.63) is 11.9 Å². The number of ether oxygens (including phenoxy) is 1. The van der Waals surface area contributed by atoms with Crippen molar-refractivity contribution >= 4 is 0 Å². The van der Waals surface area contributed by atoms with Gasteiger partial charge in [0.2, 0.25) is 0 Å². The second-order valence-corrected chi connectivity index (χ2v) is 3.86. The van der Waals surface area contributed by atoms with Gasteiger partial charge < -0.3 is 10.1 Å². The molecule has 0 bridgehead atoms. The lowest BCUT2D eigenvalue weighted by molar-refractivity contribution is 0.131. The van der Waals surface area contributed by atoms with Crippen LogP contribution in [0, 0.1) is 0 Å². The highest BCUT2D eigenvalue weighted by atomic mass is 16.5. The van der Waals surface area contributed by atoms with Crippen LogP contribution in [0.4, 0.5) is 0 Å². The van der Waals surface area contributed by atoms with Gasteiger partial charge in [-0.1, -0.05) is 5.21 Å². The molecule has 0 amide bonds. The third kappa shape index (κ3) is 3.00. The number of nitrogens with zero attached hydrogens (tertiary/aromatic N) is 3. The first-order valence-electron chi connectivity index (χ1n) is 5.58. The number of rotatable bonds is 5. The minimum atomic E-state index is 0.562. The largest absolute Gasteiger partial charge is 0.375 e. The molecule has 2 rings (SSSR count). The van der Waals surface area contributed by atoms with Crippen LogP contribution in [0.5, 0.6) is 0 Å². The lowest BCUT2D eigenvalue weighted by Gasteiger charge is -2.08. The molecule has 2 heterocycles. The van der Waals surface area contributed by atoms with Gasteiger partial charge in [-0.25, -0.2) is 0 Å². The first-order chi connectivity index (χ1) is 7.38. The van der Waals surface area contributed by atoms with E-state index < -0.39 is 0 Å². The van der Waals surface area contributed by atoms with Gasteiger partial charge in [0.15, 0.2) is 0 Å². The quantitative estimate of drug-likeness (QED) is 0.772. The van der Waals surface area contributed by atoms with Crippen molar-refractivity contribution in [1.82, 2.24) is 20.3 Å². The first-order valence-corrected chi connectivity index (χ1v) is 5.58. The Bertz CT molecular complexity index is 293. The van der Waals surface area contributed by atoms with Gasteiger partial charge in [0.25, 0.3) is 0 Å². The minimum Gasteiger partial charge on any atom is -0.375 e. The highest BCUT2D eigenvalue weighted by Gasteiger charge is 2.14. The molecule has 1 saturated heterocycles. The van der Waals surface area contributed by atoms with E-state index in [1.807, 2.05) is 17.8 Å². The molecular formula is C10H18N4O. The summed E-state index contributed by atoms with van der Waals surface area (Å²) in [5, 5.41) is 11.6. The van der Waals surface area contributed by atoms with E-state index in [0.29, 0.717) is 12.6 Å². The number of hydrogen-bond acceptors (Lipinski definition) is 4. The summed E-state index contributed by atoms with van der Waals surface area (Å²) in [6, 6.07) is 0.562. The minimum absolute atomic E-state index is 0.562. The van der Waals surface area contributed by atoms with Crippen LogP contribution in [0.2, 0.25) is 0 Å². The first kappa shape index (κ1) is 10.6. The molecule has 0 saturated carbocycles. The molecule has 5 nitrogen and oxygen atoms in total. The second-order valence-electron chi connectivity index (χ2n) is 3.86. The Balaban J connectivity index is 1.83. The molecule has 1 aromatic rings. The standard InChI is InChI=1S/C10H18N4O/c1-2-15-8-10-7-14(13-12-10)6-9-4-3-5-11-9/h7,9,11H,2-6,8H2,1H3/t9-/m1/s1. The van der Waals surface area contributed by atoms with E-state index in [2.05, 4.69) is 15.6 Å². The van der Waals surface area contributed by atoms with Crippen LogP contribution in [-0.2, 0) is 17.9 Å². The van der Waals surface area contributed by atoms with Gasteiger partial charge in [-0.05, 0) is 26.3 Å². The normalized spacial score (nSPS) is 21.0. The van der Waals surface area contributed by atoms with E-state index in [1.165, 1.54) is 12.8 Å². The average molecular weight is 210 g/mol. The third-order valence-electron chi connectivity index (χ3n) is 2.61. The second kappa shape index (κ2) is 5.23. The van der Waals surface area contributed by atoms with Crippen LogP contribution < -0.4 is 5.32 Å². The summed E-state index contributed by atoms with van der Waals surface area (Å²) < 4.78 is 7.17. The van der Waals surface area contributed by atoms with E-state index in [-0.39, 0.29) is 0 Å². The highest BCUT2D eigenvalue weighted by Crippen LogP contribution is 2.07. The van der Waals surface area contributed by atoms with Crippen LogP contribution in [0.15, 0.2) is 6.20 Å². The highest BCUT2D eigenvalue weighted by molar-refractivity contribution is 4.90. The van der Waals surface area contributed by atoms with Gasteiger partial charge >= 0.3 is 0 Å². The predicted octanol–water partition coefficient (Wildman–Crippen LogP) is 0.567. The number of hydrogen-bond donors (Lipinski definition) is 1. The SMILES string of the molecule is CCOCc1cn(C[C@H]2CCCN2)nn1. The zero-order chi connectivity index (χ0) is 10.5. The Morgan fingerprint density at radius 3 is 3.33 bits per heavy atom. The monoisotopic (exact) mass is 210 g/mol. The van der Waals surface area contributed by atoms with Gasteiger partial charge in [0.05, 0.1) is 19.3 Å². The maximum absolute atomic E-state index is 5.27. The molecule has 1 N–H and O–H groups in total. The number of aromatic nitrogens is 3. The summed E-state index contributed by atoms with van der Waals surface area (Å²) in [4.78, 5) is 0. The van der Waals surface area contributed by atoms with E-state index in [4.69, 9.17) is 4.74 Å². The van der Waals surface area contributed by atoms with Crippen molar-refractivity contribution in [3.63, 3.8) is 0 Å². The zero-order valence-corrected chi connectivity index (χ0v) is 9.15. The zero-order valence-electron chi connectivity index (χ0n) is 9.15. The van der Waals surface area contributed by atoms with E-state index in [1.54, 1.807) is 0 Å². The van der Waals surface area contributed by atoms with Crippen LogP contribution in [0.25, 0.3) is 0 Å². The molecule has 1 aliphatic rings. The molecule has 0 unspecified atom stereocenters. The Morgan fingerprint density at radius 1 is 1.67 bits per heavy atom. The molecule has 15 heavy (non-hydrogen) atoms. The van der Waals surface area contributed by atoms with Gasteiger partial charge in [0, 0.05) is 12.6 Å². The Kier molecular flexibility index (Phi) is 3.69. The fourth-order valence-corrected chi connectivity index (χ4v) is 1.84. The molecule has 1 aliphatic heterocycles.